The number of aromatic nitrogens is 2. The number of halogens is 3. The Morgan fingerprint density at radius 3 is 2.48 bits per heavy atom. The van der Waals surface area contributed by atoms with Crippen LogP contribution in [0.25, 0.3) is 22.4 Å². The Bertz CT molecular complexity index is 760. The van der Waals surface area contributed by atoms with E-state index in [0.717, 1.165) is 6.07 Å². The molecule has 3 nitrogen and oxygen atoms in total. The zero-order valence-electron chi connectivity index (χ0n) is 11.0. The molecule has 0 aliphatic carbocycles. The van der Waals surface area contributed by atoms with E-state index in [9.17, 15) is 13.2 Å². The molecule has 6 heteroatoms. The van der Waals surface area contributed by atoms with Crippen LogP contribution in [0.3, 0.4) is 0 Å². The van der Waals surface area contributed by atoms with Gasteiger partial charge in [-0.05, 0) is 24.3 Å². The molecule has 108 valence electrons. The van der Waals surface area contributed by atoms with Gasteiger partial charge in [-0.1, -0.05) is 18.2 Å². The van der Waals surface area contributed by atoms with Crippen molar-refractivity contribution in [2.75, 3.05) is 7.11 Å². The standard InChI is InChI=1S/C15H11F3N2O/c1-21-12-8-4-5-9(15(16,17)18)13(12)14-19-10-6-2-3-7-11(10)20-14/h2-8H,1H3,(H,19,20). The Morgan fingerprint density at radius 2 is 1.81 bits per heavy atom. The lowest BCUT2D eigenvalue weighted by molar-refractivity contribution is -0.137. The minimum absolute atomic E-state index is 0.0799. The smallest absolute Gasteiger partial charge is 0.417 e. The second kappa shape index (κ2) is 4.80. The Morgan fingerprint density at radius 1 is 1.05 bits per heavy atom. The number of benzene rings is 2. The van der Waals surface area contributed by atoms with E-state index in [1.165, 1.54) is 19.2 Å². The number of imidazole rings is 1. The van der Waals surface area contributed by atoms with E-state index in [4.69, 9.17) is 4.74 Å². The van der Waals surface area contributed by atoms with Crippen molar-refractivity contribution in [3.05, 3.63) is 48.0 Å². The van der Waals surface area contributed by atoms with Gasteiger partial charge in [-0.25, -0.2) is 4.98 Å². The molecule has 0 spiro atoms. The lowest BCUT2D eigenvalue weighted by Gasteiger charge is -2.14. The number of nitrogens with one attached hydrogen (secondary N) is 1. The first-order chi connectivity index (χ1) is 10.0. The number of ether oxygens (including phenoxy) is 1. The molecule has 0 aliphatic rings. The molecular formula is C15H11F3N2O. The van der Waals surface area contributed by atoms with Crippen molar-refractivity contribution < 1.29 is 17.9 Å². The number of hydrogen-bond acceptors (Lipinski definition) is 2. The van der Waals surface area contributed by atoms with Crippen LogP contribution >= 0.6 is 0 Å². The van der Waals surface area contributed by atoms with Crippen LogP contribution < -0.4 is 4.74 Å². The Balaban J connectivity index is 2.29. The molecule has 0 saturated heterocycles. The van der Waals surface area contributed by atoms with Crippen LogP contribution in [0.1, 0.15) is 5.56 Å². The predicted octanol–water partition coefficient (Wildman–Crippen LogP) is 4.26. The van der Waals surface area contributed by atoms with Gasteiger partial charge in [0, 0.05) is 0 Å². The normalized spacial score (nSPS) is 11.8. The number of H-pyrrole nitrogens is 1. The van der Waals surface area contributed by atoms with Gasteiger partial charge in [-0.15, -0.1) is 0 Å². The van der Waals surface area contributed by atoms with Gasteiger partial charge in [0.2, 0.25) is 0 Å². The minimum atomic E-state index is -4.48. The van der Waals surface area contributed by atoms with Crippen molar-refractivity contribution in [2.45, 2.75) is 6.18 Å². The summed E-state index contributed by atoms with van der Waals surface area (Å²) in [5.41, 5.74) is 0.419. The summed E-state index contributed by atoms with van der Waals surface area (Å²) in [6, 6.07) is 10.9. The summed E-state index contributed by atoms with van der Waals surface area (Å²) >= 11 is 0. The van der Waals surface area contributed by atoms with Crippen LogP contribution in [0.2, 0.25) is 0 Å². The molecule has 0 aliphatic heterocycles. The molecule has 1 heterocycles. The van der Waals surface area contributed by atoms with Crippen molar-refractivity contribution in [1.29, 1.82) is 0 Å². The van der Waals surface area contributed by atoms with Gasteiger partial charge >= 0.3 is 6.18 Å². The van der Waals surface area contributed by atoms with Gasteiger partial charge in [-0.2, -0.15) is 13.2 Å². The fraction of sp³-hybridized carbons (Fsp3) is 0.133. The maximum atomic E-state index is 13.2. The number of para-hydroxylation sites is 2. The van der Waals surface area contributed by atoms with Crippen LogP contribution in [0.5, 0.6) is 5.75 Å². The van der Waals surface area contributed by atoms with Crippen molar-refractivity contribution >= 4 is 11.0 Å². The van der Waals surface area contributed by atoms with Crippen molar-refractivity contribution in [3.8, 4) is 17.1 Å². The lowest BCUT2D eigenvalue weighted by atomic mass is 10.1. The third kappa shape index (κ3) is 2.33. The first-order valence-corrected chi connectivity index (χ1v) is 6.20. The van der Waals surface area contributed by atoms with Gasteiger partial charge in [0.25, 0.3) is 0 Å². The summed E-state index contributed by atoms with van der Waals surface area (Å²) in [6.07, 6.45) is -4.48. The summed E-state index contributed by atoms with van der Waals surface area (Å²) in [5.74, 6) is 0.268. The molecule has 0 amide bonds. The number of fused-ring (bicyclic) bond motifs is 1. The number of rotatable bonds is 2. The quantitative estimate of drug-likeness (QED) is 0.766. The molecule has 1 N–H and O–H groups in total. The highest BCUT2D eigenvalue weighted by Gasteiger charge is 2.36. The van der Waals surface area contributed by atoms with Gasteiger partial charge in [0.1, 0.15) is 11.6 Å². The third-order valence-corrected chi connectivity index (χ3v) is 3.18. The highest BCUT2D eigenvalue weighted by molar-refractivity contribution is 5.81. The number of alkyl halides is 3. The fourth-order valence-corrected chi connectivity index (χ4v) is 2.25. The molecule has 0 saturated carbocycles. The summed E-state index contributed by atoms with van der Waals surface area (Å²) < 4.78 is 44.7. The summed E-state index contributed by atoms with van der Waals surface area (Å²) in [4.78, 5) is 7.14. The van der Waals surface area contributed by atoms with Crippen LogP contribution in [0, 0.1) is 0 Å². The molecule has 0 unspecified atom stereocenters. The largest absolute Gasteiger partial charge is 0.496 e. The number of aromatic amines is 1. The Hall–Kier alpha value is -2.50. The molecule has 21 heavy (non-hydrogen) atoms. The predicted molar refractivity (Wildman–Crippen MR) is 73.1 cm³/mol. The summed E-state index contributed by atoms with van der Waals surface area (Å²) in [6.45, 7) is 0. The Labute approximate surface area is 118 Å². The van der Waals surface area contributed by atoms with Crippen LogP contribution in [-0.2, 0) is 6.18 Å². The van der Waals surface area contributed by atoms with Crippen LogP contribution in [0.4, 0.5) is 13.2 Å². The maximum absolute atomic E-state index is 13.2. The summed E-state index contributed by atoms with van der Waals surface area (Å²) in [5, 5.41) is 0. The van der Waals surface area contributed by atoms with E-state index in [1.54, 1.807) is 24.3 Å². The number of nitrogens with zero attached hydrogens (tertiary/aromatic N) is 1. The minimum Gasteiger partial charge on any atom is -0.496 e. The highest BCUT2D eigenvalue weighted by Crippen LogP contribution is 2.41. The number of methoxy groups -OCH3 is 1. The van der Waals surface area contributed by atoms with E-state index in [-0.39, 0.29) is 17.1 Å². The SMILES string of the molecule is COc1cccc(C(F)(F)F)c1-c1nc2ccccc2[nH]1. The van der Waals surface area contributed by atoms with Crippen molar-refractivity contribution in [3.63, 3.8) is 0 Å². The molecule has 1 aromatic heterocycles. The molecular weight excluding hydrogens is 281 g/mol. The molecule has 0 fully saturated rings. The average molecular weight is 292 g/mol. The number of hydrogen-bond donors (Lipinski definition) is 1. The van der Waals surface area contributed by atoms with Gasteiger partial charge < -0.3 is 9.72 Å². The maximum Gasteiger partial charge on any atom is 0.417 e. The molecule has 0 bridgehead atoms. The highest BCUT2D eigenvalue weighted by atomic mass is 19.4. The molecule has 3 aromatic rings. The Kier molecular flexibility index (Phi) is 3.08. The van der Waals surface area contributed by atoms with Crippen LogP contribution in [0.15, 0.2) is 42.5 Å². The van der Waals surface area contributed by atoms with Gasteiger partial charge in [-0.3, -0.25) is 0 Å². The molecule has 2 aromatic carbocycles. The lowest BCUT2D eigenvalue weighted by Crippen LogP contribution is -2.08. The van der Waals surface area contributed by atoms with Gasteiger partial charge in [0.05, 0.1) is 29.3 Å². The second-order valence-corrected chi connectivity index (χ2v) is 4.48. The third-order valence-electron chi connectivity index (χ3n) is 3.18. The van der Waals surface area contributed by atoms with E-state index in [2.05, 4.69) is 9.97 Å². The monoisotopic (exact) mass is 292 g/mol. The fourth-order valence-electron chi connectivity index (χ4n) is 2.25. The van der Waals surface area contributed by atoms with Gasteiger partial charge in [0.15, 0.2) is 0 Å². The average Bonchev–Trinajstić information content (AvgIpc) is 2.89. The first-order valence-electron chi connectivity index (χ1n) is 6.20. The topological polar surface area (TPSA) is 37.9 Å². The zero-order chi connectivity index (χ0) is 15.0. The zero-order valence-corrected chi connectivity index (χ0v) is 11.0. The van der Waals surface area contributed by atoms with E-state index < -0.39 is 11.7 Å². The van der Waals surface area contributed by atoms with E-state index in [0.29, 0.717) is 11.0 Å². The van der Waals surface area contributed by atoms with Crippen molar-refractivity contribution in [2.24, 2.45) is 0 Å². The van der Waals surface area contributed by atoms with Crippen LogP contribution in [-0.4, -0.2) is 17.1 Å². The molecule has 3 rings (SSSR count). The molecule has 0 radical (unpaired) electrons. The van der Waals surface area contributed by atoms with E-state index >= 15 is 0 Å². The van der Waals surface area contributed by atoms with E-state index in [1.807, 2.05) is 0 Å². The van der Waals surface area contributed by atoms with Crippen molar-refractivity contribution in [1.82, 2.24) is 9.97 Å². The second-order valence-electron chi connectivity index (χ2n) is 4.48. The molecule has 0 atom stereocenters. The first kappa shape index (κ1) is 13.5. The summed E-state index contributed by atoms with van der Waals surface area (Å²) in [7, 11) is 1.33.